The van der Waals surface area contributed by atoms with Crippen molar-refractivity contribution in [2.24, 2.45) is 0 Å². The number of hydrogen-bond acceptors (Lipinski definition) is 5. The van der Waals surface area contributed by atoms with E-state index >= 15 is 0 Å². The highest BCUT2D eigenvalue weighted by atomic mass is 35.5. The zero-order valence-electron chi connectivity index (χ0n) is 16.9. The summed E-state index contributed by atoms with van der Waals surface area (Å²) in [5.41, 5.74) is 0.779. The molecule has 1 aliphatic rings. The molecule has 0 atom stereocenters. The molecule has 0 amide bonds. The molecular formula is C20H22BClN2O4S. The molecule has 0 spiro atoms. The Morgan fingerprint density at radius 3 is 2.21 bits per heavy atom. The summed E-state index contributed by atoms with van der Waals surface area (Å²) < 4.78 is 39.4. The van der Waals surface area contributed by atoms with Gasteiger partial charge in [-0.15, -0.1) is 0 Å². The first kappa shape index (κ1) is 20.4. The van der Waals surface area contributed by atoms with Crippen molar-refractivity contribution in [2.75, 3.05) is 0 Å². The van der Waals surface area contributed by atoms with Gasteiger partial charge >= 0.3 is 7.12 Å². The van der Waals surface area contributed by atoms with E-state index in [0.29, 0.717) is 15.9 Å². The first-order valence-electron chi connectivity index (χ1n) is 9.27. The van der Waals surface area contributed by atoms with E-state index in [1.807, 2.05) is 34.6 Å². The van der Waals surface area contributed by atoms with E-state index in [1.165, 1.54) is 12.4 Å². The second-order valence-electron chi connectivity index (χ2n) is 8.28. The maximum Gasteiger partial charge on any atom is 0.497 e. The summed E-state index contributed by atoms with van der Waals surface area (Å²) in [5.74, 6) is 0. The Bertz CT molecular complexity index is 1190. The van der Waals surface area contributed by atoms with Gasteiger partial charge in [-0.2, -0.15) is 0 Å². The molecule has 9 heteroatoms. The van der Waals surface area contributed by atoms with Gasteiger partial charge in [0.25, 0.3) is 10.0 Å². The van der Waals surface area contributed by atoms with Gasteiger partial charge in [0.1, 0.15) is 0 Å². The number of pyridine rings is 1. The van der Waals surface area contributed by atoms with E-state index in [1.54, 1.807) is 30.3 Å². The van der Waals surface area contributed by atoms with Crippen molar-refractivity contribution in [3.63, 3.8) is 0 Å². The minimum Gasteiger partial charge on any atom is -0.399 e. The van der Waals surface area contributed by atoms with Gasteiger partial charge < -0.3 is 9.31 Å². The van der Waals surface area contributed by atoms with Crippen LogP contribution < -0.4 is 5.46 Å². The third-order valence-electron chi connectivity index (χ3n) is 5.73. The van der Waals surface area contributed by atoms with Crippen LogP contribution in [0.2, 0.25) is 5.02 Å². The smallest absolute Gasteiger partial charge is 0.399 e. The second kappa shape index (κ2) is 6.57. The molecular weight excluding hydrogens is 411 g/mol. The first-order valence-corrected chi connectivity index (χ1v) is 11.1. The van der Waals surface area contributed by atoms with Gasteiger partial charge in [-0.25, -0.2) is 17.4 Å². The number of rotatable bonds is 3. The topological polar surface area (TPSA) is 70.4 Å². The van der Waals surface area contributed by atoms with Gasteiger partial charge in [0.2, 0.25) is 0 Å². The number of nitrogens with zero attached hydrogens (tertiary/aromatic N) is 2. The van der Waals surface area contributed by atoms with E-state index in [-0.39, 0.29) is 10.5 Å². The molecule has 29 heavy (non-hydrogen) atoms. The number of hydrogen-bond donors (Lipinski definition) is 0. The lowest BCUT2D eigenvalue weighted by Crippen LogP contribution is -2.41. The molecule has 1 aliphatic heterocycles. The Hall–Kier alpha value is -1.87. The lowest BCUT2D eigenvalue weighted by molar-refractivity contribution is 0.00578. The van der Waals surface area contributed by atoms with Crippen molar-refractivity contribution in [3.05, 3.63) is 53.3 Å². The maximum absolute atomic E-state index is 13.1. The van der Waals surface area contributed by atoms with Gasteiger partial charge in [0.15, 0.2) is 5.65 Å². The Morgan fingerprint density at radius 1 is 1.03 bits per heavy atom. The highest BCUT2D eigenvalue weighted by Gasteiger charge is 2.52. The molecule has 0 aliphatic carbocycles. The lowest BCUT2D eigenvalue weighted by Gasteiger charge is -2.32. The van der Waals surface area contributed by atoms with Crippen LogP contribution in [0.15, 0.2) is 47.6 Å². The Balaban J connectivity index is 1.78. The molecule has 1 fully saturated rings. The van der Waals surface area contributed by atoms with Crippen LogP contribution in [0.3, 0.4) is 0 Å². The van der Waals surface area contributed by atoms with Gasteiger partial charge in [-0.1, -0.05) is 29.3 Å². The first-order chi connectivity index (χ1) is 13.4. The fourth-order valence-electron chi connectivity index (χ4n) is 3.20. The molecule has 1 aromatic carbocycles. The standard InChI is InChI=1S/C20H22BClN2O4S/c1-13-6-8-14(9-7-13)29(25,26)24-11-10-15-17(22)16(12-23-18(15)24)21-27-19(2,3)20(4,5)28-21/h6-12H,1-5H3. The number of aryl methyl sites for hydroxylation is 1. The monoisotopic (exact) mass is 432 g/mol. The maximum atomic E-state index is 13.1. The second-order valence-corrected chi connectivity index (χ2v) is 10.5. The van der Waals surface area contributed by atoms with Crippen LogP contribution in [0.5, 0.6) is 0 Å². The normalized spacial score (nSPS) is 18.5. The molecule has 2 aromatic heterocycles. The third-order valence-corrected chi connectivity index (χ3v) is 7.83. The minimum absolute atomic E-state index is 0.188. The summed E-state index contributed by atoms with van der Waals surface area (Å²) in [6.45, 7) is 9.73. The molecule has 1 saturated heterocycles. The number of aromatic nitrogens is 2. The summed E-state index contributed by atoms with van der Waals surface area (Å²) in [6, 6.07) is 8.32. The van der Waals surface area contributed by atoms with Crippen LogP contribution in [0.4, 0.5) is 0 Å². The molecule has 0 saturated carbocycles. The average Bonchev–Trinajstić information content (AvgIpc) is 3.15. The van der Waals surface area contributed by atoms with Crippen molar-refractivity contribution in [3.8, 4) is 0 Å². The molecule has 0 radical (unpaired) electrons. The molecule has 3 heterocycles. The van der Waals surface area contributed by atoms with E-state index in [9.17, 15) is 8.42 Å². The van der Waals surface area contributed by atoms with Crippen LogP contribution >= 0.6 is 11.6 Å². The Kier molecular flexibility index (Phi) is 4.62. The molecule has 3 aromatic rings. The predicted molar refractivity (Wildman–Crippen MR) is 114 cm³/mol. The van der Waals surface area contributed by atoms with Crippen LogP contribution in [-0.2, 0) is 19.3 Å². The van der Waals surface area contributed by atoms with Gasteiger partial charge in [-0.3, -0.25) is 0 Å². The predicted octanol–water partition coefficient (Wildman–Crippen LogP) is 3.53. The van der Waals surface area contributed by atoms with E-state index < -0.39 is 28.3 Å². The zero-order chi connectivity index (χ0) is 21.2. The van der Waals surface area contributed by atoms with Gasteiger partial charge in [0, 0.05) is 23.2 Å². The molecule has 6 nitrogen and oxygen atoms in total. The molecule has 0 unspecified atom stereocenters. The van der Waals surface area contributed by atoms with Crippen LogP contribution in [0.1, 0.15) is 33.3 Å². The third kappa shape index (κ3) is 3.19. The fraction of sp³-hybridized carbons (Fsp3) is 0.350. The van der Waals surface area contributed by atoms with Crippen molar-refractivity contribution in [2.45, 2.75) is 50.7 Å². The highest BCUT2D eigenvalue weighted by molar-refractivity contribution is 7.90. The van der Waals surface area contributed by atoms with Crippen molar-refractivity contribution < 1.29 is 17.7 Å². The van der Waals surface area contributed by atoms with Gasteiger partial charge in [0.05, 0.1) is 21.1 Å². The highest BCUT2D eigenvalue weighted by Crippen LogP contribution is 2.37. The van der Waals surface area contributed by atoms with E-state index in [0.717, 1.165) is 9.54 Å². The van der Waals surface area contributed by atoms with Gasteiger partial charge in [-0.05, 0) is 52.8 Å². The van der Waals surface area contributed by atoms with Crippen LogP contribution in [-0.4, -0.2) is 35.7 Å². The quantitative estimate of drug-likeness (QED) is 0.592. The average molecular weight is 433 g/mol. The SMILES string of the molecule is Cc1ccc(S(=O)(=O)n2ccc3c(Cl)c(B4OC(C)(C)C(C)(C)O4)cnc32)cc1. The van der Waals surface area contributed by atoms with Crippen LogP contribution in [0, 0.1) is 6.92 Å². The van der Waals surface area contributed by atoms with Crippen molar-refractivity contribution >= 4 is 45.2 Å². The largest absolute Gasteiger partial charge is 0.497 e. The molecule has 152 valence electrons. The molecule has 4 rings (SSSR count). The number of halogens is 1. The van der Waals surface area contributed by atoms with E-state index in [2.05, 4.69) is 4.98 Å². The Morgan fingerprint density at radius 2 is 1.62 bits per heavy atom. The Labute approximate surface area is 176 Å². The fourth-order valence-corrected chi connectivity index (χ4v) is 4.79. The lowest BCUT2D eigenvalue weighted by atomic mass is 9.80. The number of fused-ring (bicyclic) bond motifs is 1. The number of benzene rings is 1. The summed E-state index contributed by atoms with van der Waals surface area (Å²) in [6.07, 6.45) is 2.99. The summed E-state index contributed by atoms with van der Waals surface area (Å²) >= 11 is 6.63. The van der Waals surface area contributed by atoms with E-state index in [4.69, 9.17) is 20.9 Å². The zero-order valence-corrected chi connectivity index (χ0v) is 18.5. The summed E-state index contributed by atoms with van der Waals surface area (Å²) in [5, 5.41) is 0.890. The van der Waals surface area contributed by atoms with Crippen LogP contribution in [0.25, 0.3) is 11.0 Å². The molecule has 0 bridgehead atoms. The van der Waals surface area contributed by atoms with Crippen molar-refractivity contribution in [1.29, 1.82) is 0 Å². The minimum atomic E-state index is -3.79. The molecule has 0 N–H and O–H groups in total. The summed E-state index contributed by atoms with van der Waals surface area (Å²) in [4.78, 5) is 4.58. The van der Waals surface area contributed by atoms with Crippen molar-refractivity contribution in [1.82, 2.24) is 8.96 Å². The summed E-state index contributed by atoms with van der Waals surface area (Å²) in [7, 11) is -4.47.